The highest BCUT2D eigenvalue weighted by Crippen LogP contribution is 2.52. The monoisotopic (exact) mass is 404 g/mol. The van der Waals surface area contributed by atoms with Crippen molar-refractivity contribution in [2.75, 3.05) is 5.75 Å². The number of thioether (sulfide) groups is 1. The number of carboxylic acid groups (broad SMARTS) is 1. The largest absolute Gasteiger partial charge is 0.477 e. The van der Waals surface area contributed by atoms with Gasteiger partial charge in [0.05, 0.1) is 16.0 Å². The van der Waals surface area contributed by atoms with Crippen LogP contribution in [-0.2, 0) is 4.75 Å². The second-order valence-electron chi connectivity index (χ2n) is 6.21. The summed E-state index contributed by atoms with van der Waals surface area (Å²) in [6.07, 6.45) is 1.87. The molecule has 2 atom stereocenters. The van der Waals surface area contributed by atoms with Crippen molar-refractivity contribution < 1.29 is 9.90 Å². The lowest BCUT2D eigenvalue weighted by molar-refractivity contribution is 0.0690. The topological polar surface area (TPSA) is 66.0 Å². The van der Waals surface area contributed by atoms with Crippen LogP contribution >= 0.6 is 27.7 Å². The molecule has 2 unspecified atom stereocenters. The van der Waals surface area contributed by atoms with E-state index in [4.69, 9.17) is 0 Å². The molecule has 0 radical (unpaired) electrons. The Kier molecular flexibility index (Phi) is 3.84. The van der Waals surface area contributed by atoms with Crippen molar-refractivity contribution >= 4 is 55.5 Å². The summed E-state index contributed by atoms with van der Waals surface area (Å²) in [4.78, 5) is 20.1. The van der Waals surface area contributed by atoms with Crippen molar-refractivity contribution in [2.24, 2.45) is 0 Å². The highest BCUT2D eigenvalue weighted by Gasteiger charge is 2.42. The highest BCUT2D eigenvalue weighted by molar-refractivity contribution is 9.09. The molecule has 1 saturated heterocycles. The molecule has 1 fully saturated rings. The Labute approximate surface area is 152 Å². The molecule has 0 spiro atoms. The van der Waals surface area contributed by atoms with E-state index in [0.29, 0.717) is 4.83 Å². The van der Waals surface area contributed by atoms with Crippen LogP contribution in [0.3, 0.4) is 0 Å². The van der Waals surface area contributed by atoms with Crippen LogP contribution in [0, 0.1) is 0 Å². The molecule has 0 bridgehead atoms. The number of alkyl halides is 1. The molecule has 24 heavy (non-hydrogen) atoms. The van der Waals surface area contributed by atoms with Crippen LogP contribution in [0.4, 0.5) is 0 Å². The van der Waals surface area contributed by atoms with Gasteiger partial charge in [-0.2, -0.15) is 0 Å². The Hall–Kier alpha value is -1.53. The standard InChI is InChI=1S/C18H17BrN2O2S/c1-2-18(8-10(19)9-24-18)16-15-12(7-14(21-16)17(22)23)11-5-3-4-6-13(11)20-15/h3-7,10,20H,2,8-9H2,1H3,(H,22,23). The van der Waals surface area contributed by atoms with Crippen LogP contribution in [0.15, 0.2) is 30.3 Å². The summed E-state index contributed by atoms with van der Waals surface area (Å²) in [5.41, 5.74) is 2.98. The van der Waals surface area contributed by atoms with Crippen molar-refractivity contribution in [1.82, 2.24) is 9.97 Å². The maximum atomic E-state index is 11.6. The predicted octanol–water partition coefficient (Wildman–Crippen LogP) is 4.92. The first-order chi connectivity index (χ1) is 11.5. The van der Waals surface area contributed by atoms with Crippen LogP contribution in [-0.4, -0.2) is 31.6 Å². The van der Waals surface area contributed by atoms with Crippen LogP contribution < -0.4 is 0 Å². The Morgan fingerprint density at radius 1 is 1.46 bits per heavy atom. The van der Waals surface area contributed by atoms with E-state index in [1.54, 1.807) is 6.07 Å². The van der Waals surface area contributed by atoms with Gasteiger partial charge in [0, 0.05) is 26.9 Å². The Balaban J connectivity index is 2.08. The number of carboxylic acids is 1. The molecule has 1 aromatic carbocycles. The van der Waals surface area contributed by atoms with Gasteiger partial charge in [-0.15, -0.1) is 11.8 Å². The van der Waals surface area contributed by atoms with E-state index in [0.717, 1.165) is 46.1 Å². The normalized spacial score (nSPS) is 24.0. The average Bonchev–Trinajstić information content (AvgIpc) is 3.15. The number of H-pyrrole nitrogens is 1. The molecule has 4 rings (SSSR count). The molecule has 0 amide bonds. The summed E-state index contributed by atoms with van der Waals surface area (Å²) < 4.78 is -0.154. The van der Waals surface area contributed by atoms with Crippen LogP contribution in [0.1, 0.15) is 35.9 Å². The van der Waals surface area contributed by atoms with Gasteiger partial charge in [0.1, 0.15) is 5.69 Å². The Morgan fingerprint density at radius 3 is 2.92 bits per heavy atom. The third-order valence-electron chi connectivity index (χ3n) is 4.81. The van der Waals surface area contributed by atoms with Gasteiger partial charge in [-0.1, -0.05) is 41.1 Å². The van der Waals surface area contributed by atoms with Crippen molar-refractivity contribution in [3.8, 4) is 0 Å². The molecule has 0 saturated carbocycles. The average molecular weight is 405 g/mol. The van der Waals surface area contributed by atoms with Crippen molar-refractivity contribution in [1.29, 1.82) is 0 Å². The van der Waals surface area contributed by atoms with Crippen LogP contribution in [0.5, 0.6) is 0 Å². The number of aromatic carboxylic acids is 1. The number of carbonyl (C=O) groups is 1. The Bertz CT molecular complexity index is 955. The van der Waals surface area contributed by atoms with Gasteiger partial charge in [0.25, 0.3) is 0 Å². The van der Waals surface area contributed by atoms with E-state index in [1.165, 1.54) is 0 Å². The molecule has 3 aromatic rings. The fraction of sp³-hybridized carbons (Fsp3) is 0.333. The number of hydrogen-bond donors (Lipinski definition) is 2. The van der Waals surface area contributed by atoms with E-state index in [1.807, 2.05) is 36.0 Å². The minimum atomic E-state index is -0.979. The second kappa shape index (κ2) is 5.77. The zero-order valence-corrected chi connectivity index (χ0v) is 15.6. The smallest absolute Gasteiger partial charge is 0.354 e. The molecule has 1 aliphatic rings. The summed E-state index contributed by atoms with van der Waals surface area (Å²) in [6.45, 7) is 2.15. The van der Waals surface area contributed by atoms with Gasteiger partial charge in [0.15, 0.2) is 0 Å². The molecule has 2 aromatic heterocycles. The quantitative estimate of drug-likeness (QED) is 0.607. The number of para-hydroxylation sites is 1. The zero-order valence-electron chi connectivity index (χ0n) is 13.2. The van der Waals surface area contributed by atoms with E-state index >= 15 is 0 Å². The minimum absolute atomic E-state index is 0.119. The number of halogens is 1. The van der Waals surface area contributed by atoms with Crippen LogP contribution in [0.2, 0.25) is 0 Å². The summed E-state index contributed by atoms with van der Waals surface area (Å²) >= 11 is 5.60. The van der Waals surface area contributed by atoms with Crippen molar-refractivity contribution in [3.63, 3.8) is 0 Å². The summed E-state index contributed by atoms with van der Waals surface area (Å²) in [5, 5.41) is 11.5. The predicted molar refractivity (Wildman–Crippen MR) is 102 cm³/mol. The SMILES string of the molecule is CCC1(c2nc(C(=O)O)cc3c2[nH]c2ccccc23)CC(Br)CS1. The maximum absolute atomic E-state index is 11.6. The molecular formula is C18H17BrN2O2S. The van der Waals surface area contributed by atoms with Crippen molar-refractivity contribution in [3.05, 3.63) is 41.7 Å². The number of benzene rings is 1. The van der Waals surface area contributed by atoms with Gasteiger partial charge in [-0.3, -0.25) is 0 Å². The minimum Gasteiger partial charge on any atom is -0.477 e. The van der Waals surface area contributed by atoms with Gasteiger partial charge in [-0.25, -0.2) is 9.78 Å². The molecule has 1 aliphatic heterocycles. The molecule has 4 nitrogen and oxygen atoms in total. The van der Waals surface area contributed by atoms with E-state index in [-0.39, 0.29) is 10.4 Å². The van der Waals surface area contributed by atoms with Gasteiger partial charge in [-0.05, 0) is 25.0 Å². The van der Waals surface area contributed by atoms with Crippen molar-refractivity contribution in [2.45, 2.75) is 29.3 Å². The molecule has 2 N–H and O–H groups in total. The number of aromatic amines is 1. The number of nitrogens with one attached hydrogen (secondary N) is 1. The number of aromatic nitrogens is 2. The van der Waals surface area contributed by atoms with Gasteiger partial charge < -0.3 is 10.1 Å². The number of nitrogens with zero attached hydrogens (tertiary/aromatic N) is 1. The number of pyridine rings is 1. The lowest BCUT2D eigenvalue weighted by atomic mass is 9.93. The van der Waals surface area contributed by atoms with E-state index in [9.17, 15) is 9.90 Å². The highest BCUT2D eigenvalue weighted by atomic mass is 79.9. The van der Waals surface area contributed by atoms with Crippen LogP contribution in [0.25, 0.3) is 21.8 Å². The summed E-state index contributed by atoms with van der Waals surface area (Å²) in [6, 6.07) is 9.70. The number of hydrogen-bond acceptors (Lipinski definition) is 3. The zero-order chi connectivity index (χ0) is 16.9. The maximum Gasteiger partial charge on any atom is 0.354 e. The van der Waals surface area contributed by atoms with Gasteiger partial charge >= 0.3 is 5.97 Å². The molecule has 124 valence electrons. The first kappa shape index (κ1) is 16.0. The first-order valence-electron chi connectivity index (χ1n) is 7.97. The fourth-order valence-electron chi connectivity index (χ4n) is 3.59. The molecule has 6 heteroatoms. The molecule has 0 aliphatic carbocycles. The lowest BCUT2D eigenvalue weighted by Gasteiger charge is -2.27. The molecular weight excluding hydrogens is 388 g/mol. The summed E-state index contributed by atoms with van der Waals surface area (Å²) in [7, 11) is 0. The number of rotatable bonds is 3. The Morgan fingerprint density at radius 2 is 2.25 bits per heavy atom. The third-order valence-corrected chi connectivity index (χ3v) is 7.66. The molecule has 3 heterocycles. The summed E-state index contributed by atoms with van der Waals surface area (Å²) in [5.74, 6) is 0.0298. The number of fused-ring (bicyclic) bond motifs is 3. The van der Waals surface area contributed by atoms with E-state index < -0.39 is 5.97 Å². The first-order valence-corrected chi connectivity index (χ1v) is 9.87. The fourth-order valence-corrected chi connectivity index (χ4v) is 6.18. The van der Waals surface area contributed by atoms with Gasteiger partial charge in [0.2, 0.25) is 0 Å². The second-order valence-corrected chi connectivity index (χ2v) is 8.91. The van der Waals surface area contributed by atoms with E-state index in [2.05, 4.69) is 32.8 Å². The lowest BCUT2D eigenvalue weighted by Crippen LogP contribution is -2.22. The third kappa shape index (κ3) is 2.35.